The van der Waals surface area contributed by atoms with Gasteiger partial charge in [-0.1, -0.05) is 0 Å². The van der Waals surface area contributed by atoms with Gasteiger partial charge in [-0.2, -0.15) is 0 Å². The first kappa shape index (κ1) is 12.4. The number of piperidine rings is 1. The van der Waals surface area contributed by atoms with Crippen molar-refractivity contribution in [2.45, 2.75) is 6.42 Å². The second-order valence-electron chi connectivity index (χ2n) is 5.35. The van der Waals surface area contributed by atoms with E-state index in [2.05, 4.69) is 10.6 Å². The van der Waals surface area contributed by atoms with Crippen LogP contribution in [0.4, 0.5) is 14.9 Å². The van der Waals surface area contributed by atoms with Gasteiger partial charge in [-0.15, -0.1) is 0 Å². The van der Waals surface area contributed by atoms with Gasteiger partial charge in [0.25, 0.3) is 0 Å². The molecule has 0 bridgehead atoms. The van der Waals surface area contributed by atoms with E-state index in [9.17, 15) is 9.18 Å². The molecule has 2 amide bonds. The summed E-state index contributed by atoms with van der Waals surface area (Å²) in [6.07, 6.45) is 1.14. The highest BCUT2D eigenvalue weighted by Crippen LogP contribution is 2.28. The minimum absolute atomic E-state index is 0.0824. The number of nitrogens with one attached hydrogen (secondary N) is 2. The topological polar surface area (TPSA) is 44.4 Å². The molecule has 19 heavy (non-hydrogen) atoms. The van der Waals surface area contributed by atoms with E-state index in [-0.39, 0.29) is 11.8 Å². The van der Waals surface area contributed by atoms with Crippen molar-refractivity contribution in [3.05, 3.63) is 30.1 Å². The molecule has 2 N–H and O–H groups in total. The van der Waals surface area contributed by atoms with Crippen molar-refractivity contribution in [2.75, 3.05) is 31.5 Å². The number of likely N-dealkylation sites (tertiary alicyclic amines) is 1. The summed E-state index contributed by atoms with van der Waals surface area (Å²) in [6.45, 7) is 3.70. The molecule has 102 valence electrons. The maximum absolute atomic E-state index is 12.8. The first-order chi connectivity index (χ1) is 9.22. The number of urea groups is 1. The highest BCUT2D eigenvalue weighted by molar-refractivity contribution is 5.89. The second-order valence-corrected chi connectivity index (χ2v) is 5.35. The molecular weight excluding hydrogens is 245 g/mol. The van der Waals surface area contributed by atoms with Crippen molar-refractivity contribution in [3.8, 4) is 0 Å². The Balaban J connectivity index is 1.60. The van der Waals surface area contributed by atoms with Gasteiger partial charge in [0.2, 0.25) is 0 Å². The molecule has 2 saturated heterocycles. The van der Waals surface area contributed by atoms with Crippen LogP contribution in [0.1, 0.15) is 6.42 Å². The molecule has 2 heterocycles. The maximum Gasteiger partial charge on any atom is 0.321 e. The lowest BCUT2D eigenvalue weighted by Crippen LogP contribution is -2.35. The average Bonchev–Trinajstić information content (AvgIpc) is 2.85. The Morgan fingerprint density at radius 2 is 2.00 bits per heavy atom. The van der Waals surface area contributed by atoms with E-state index in [1.54, 1.807) is 12.1 Å². The number of hydrogen-bond donors (Lipinski definition) is 2. The second kappa shape index (κ2) is 5.17. The van der Waals surface area contributed by atoms with Crippen molar-refractivity contribution in [1.29, 1.82) is 0 Å². The number of fused-ring (bicyclic) bond motifs is 1. The summed E-state index contributed by atoms with van der Waals surface area (Å²) < 4.78 is 12.8. The van der Waals surface area contributed by atoms with Crippen molar-refractivity contribution in [2.24, 2.45) is 11.8 Å². The molecule has 0 saturated carbocycles. The number of carbonyl (C=O) groups is 1. The van der Waals surface area contributed by atoms with Crippen molar-refractivity contribution >= 4 is 11.7 Å². The molecule has 5 heteroatoms. The van der Waals surface area contributed by atoms with Crippen LogP contribution in [0.2, 0.25) is 0 Å². The zero-order valence-corrected chi connectivity index (χ0v) is 10.7. The number of anilines is 1. The molecule has 2 aliphatic rings. The van der Waals surface area contributed by atoms with Gasteiger partial charge in [0.1, 0.15) is 5.82 Å². The minimum atomic E-state index is -0.295. The number of hydrogen-bond acceptors (Lipinski definition) is 2. The fraction of sp³-hybridized carbons (Fsp3) is 0.500. The Bertz CT molecular complexity index is 448. The first-order valence-electron chi connectivity index (χ1n) is 6.74. The van der Waals surface area contributed by atoms with Crippen LogP contribution in [-0.4, -0.2) is 37.1 Å². The third kappa shape index (κ3) is 2.71. The fourth-order valence-corrected chi connectivity index (χ4v) is 2.97. The monoisotopic (exact) mass is 263 g/mol. The lowest BCUT2D eigenvalue weighted by atomic mass is 9.90. The van der Waals surface area contributed by atoms with Crippen LogP contribution in [-0.2, 0) is 0 Å². The van der Waals surface area contributed by atoms with Gasteiger partial charge in [0, 0.05) is 18.8 Å². The van der Waals surface area contributed by atoms with Crippen LogP contribution in [0.15, 0.2) is 24.3 Å². The van der Waals surface area contributed by atoms with Gasteiger partial charge in [-0.3, -0.25) is 0 Å². The number of halogens is 1. The zero-order valence-electron chi connectivity index (χ0n) is 10.7. The molecule has 2 aliphatic heterocycles. The normalized spacial score (nSPS) is 26.1. The van der Waals surface area contributed by atoms with E-state index < -0.39 is 0 Å². The molecule has 3 rings (SSSR count). The Morgan fingerprint density at radius 3 is 2.74 bits per heavy atom. The number of benzene rings is 1. The summed E-state index contributed by atoms with van der Waals surface area (Å²) >= 11 is 0. The van der Waals surface area contributed by atoms with Crippen molar-refractivity contribution in [1.82, 2.24) is 10.2 Å². The Morgan fingerprint density at radius 1 is 1.26 bits per heavy atom. The molecule has 0 aromatic heterocycles. The Kier molecular flexibility index (Phi) is 3.38. The summed E-state index contributed by atoms with van der Waals surface area (Å²) in [6, 6.07) is 5.78. The number of nitrogens with zero attached hydrogens (tertiary/aromatic N) is 1. The van der Waals surface area contributed by atoms with Gasteiger partial charge in [0.05, 0.1) is 0 Å². The van der Waals surface area contributed by atoms with E-state index in [0.29, 0.717) is 17.5 Å². The van der Waals surface area contributed by atoms with E-state index in [4.69, 9.17) is 0 Å². The highest BCUT2D eigenvalue weighted by atomic mass is 19.1. The van der Waals surface area contributed by atoms with Crippen LogP contribution >= 0.6 is 0 Å². The molecule has 4 nitrogen and oxygen atoms in total. The maximum atomic E-state index is 12.8. The van der Waals surface area contributed by atoms with Gasteiger partial charge in [-0.25, -0.2) is 9.18 Å². The van der Waals surface area contributed by atoms with Crippen LogP contribution < -0.4 is 10.6 Å². The molecular formula is C14H18FN3O. The smallest absolute Gasteiger partial charge is 0.321 e. The van der Waals surface area contributed by atoms with Gasteiger partial charge in [-0.05, 0) is 55.6 Å². The highest BCUT2D eigenvalue weighted by Gasteiger charge is 2.36. The Labute approximate surface area is 112 Å². The Hall–Kier alpha value is -1.62. The standard InChI is InChI=1S/C14H18FN3O/c15-12-1-3-13(4-2-12)17-14(19)18-8-10-5-6-16-7-11(10)9-18/h1-4,10-11,16H,5-9H2,(H,17,19). The summed E-state index contributed by atoms with van der Waals surface area (Å²) in [7, 11) is 0. The molecule has 2 unspecified atom stereocenters. The number of carbonyl (C=O) groups excluding carboxylic acids is 1. The third-order valence-corrected chi connectivity index (χ3v) is 4.06. The van der Waals surface area contributed by atoms with Crippen LogP contribution in [0.3, 0.4) is 0 Å². The molecule has 2 fully saturated rings. The van der Waals surface area contributed by atoms with Gasteiger partial charge in [0.15, 0.2) is 0 Å². The lowest BCUT2D eigenvalue weighted by Gasteiger charge is -2.23. The van der Waals surface area contributed by atoms with Crippen molar-refractivity contribution < 1.29 is 9.18 Å². The summed E-state index contributed by atoms with van der Waals surface area (Å²) in [5.74, 6) is 0.907. The molecule has 0 aliphatic carbocycles. The fourth-order valence-electron chi connectivity index (χ4n) is 2.97. The van der Waals surface area contributed by atoms with Gasteiger partial charge < -0.3 is 15.5 Å². The quantitative estimate of drug-likeness (QED) is 0.812. The molecule has 1 aromatic rings. The van der Waals surface area contributed by atoms with E-state index in [0.717, 1.165) is 32.6 Å². The summed E-state index contributed by atoms with van der Waals surface area (Å²) in [4.78, 5) is 14.0. The molecule has 0 radical (unpaired) electrons. The van der Waals surface area contributed by atoms with Crippen LogP contribution in [0.25, 0.3) is 0 Å². The van der Waals surface area contributed by atoms with Crippen molar-refractivity contribution in [3.63, 3.8) is 0 Å². The molecule has 1 aromatic carbocycles. The van der Waals surface area contributed by atoms with E-state index >= 15 is 0 Å². The summed E-state index contributed by atoms with van der Waals surface area (Å²) in [5, 5.41) is 6.19. The molecule has 2 atom stereocenters. The first-order valence-corrected chi connectivity index (χ1v) is 6.74. The largest absolute Gasteiger partial charge is 0.324 e. The lowest BCUT2D eigenvalue weighted by molar-refractivity contribution is 0.220. The molecule has 0 spiro atoms. The number of rotatable bonds is 1. The third-order valence-electron chi connectivity index (χ3n) is 4.06. The van der Waals surface area contributed by atoms with Crippen LogP contribution in [0.5, 0.6) is 0 Å². The van der Waals surface area contributed by atoms with E-state index in [1.807, 2.05) is 4.90 Å². The minimum Gasteiger partial charge on any atom is -0.324 e. The SMILES string of the molecule is O=C(Nc1ccc(F)cc1)N1CC2CCNCC2C1. The predicted molar refractivity (Wildman–Crippen MR) is 71.5 cm³/mol. The van der Waals surface area contributed by atoms with Gasteiger partial charge >= 0.3 is 6.03 Å². The van der Waals surface area contributed by atoms with Crippen LogP contribution in [0, 0.1) is 17.7 Å². The summed E-state index contributed by atoms with van der Waals surface area (Å²) in [5.41, 5.74) is 0.638. The predicted octanol–water partition coefficient (Wildman–Crippen LogP) is 1.90. The number of amides is 2. The average molecular weight is 263 g/mol. The van der Waals surface area contributed by atoms with E-state index in [1.165, 1.54) is 12.1 Å². The zero-order chi connectivity index (χ0) is 13.2.